The van der Waals surface area contributed by atoms with Crippen molar-refractivity contribution in [1.29, 1.82) is 5.26 Å². The number of aryl methyl sites for hydroxylation is 1. The Morgan fingerprint density at radius 2 is 1.96 bits per heavy atom. The molecule has 0 saturated carbocycles. The van der Waals surface area contributed by atoms with E-state index in [1.54, 1.807) is 12.3 Å². The summed E-state index contributed by atoms with van der Waals surface area (Å²) < 4.78 is 40.3. The first kappa shape index (κ1) is 19.9. The average Bonchev–Trinajstić information content (AvgIpc) is 3.12. The number of hydrogen-bond acceptors (Lipinski definition) is 4. The van der Waals surface area contributed by atoms with Crippen molar-refractivity contribution in [3.8, 4) is 6.07 Å². The van der Waals surface area contributed by atoms with E-state index in [9.17, 15) is 23.2 Å². The Morgan fingerprint density at radius 1 is 1.29 bits per heavy atom. The smallest absolute Gasteiger partial charge is 0.311 e. The number of carbonyl (C=O) groups is 1. The minimum Gasteiger partial charge on any atom is -0.311 e. The lowest BCUT2D eigenvalue weighted by Crippen LogP contribution is -2.17. The summed E-state index contributed by atoms with van der Waals surface area (Å²) in [5.74, 6) is -0.622. The van der Waals surface area contributed by atoms with Crippen LogP contribution in [0.15, 0.2) is 23.7 Å². The first-order valence-electron chi connectivity index (χ1n) is 8.33. The van der Waals surface area contributed by atoms with Crippen LogP contribution in [0.5, 0.6) is 0 Å². The molecule has 3 rings (SSSR count). The van der Waals surface area contributed by atoms with Gasteiger partial charge in [0.05, 0.1) is 16.8 Å². The average molecular weight is 406 g/mol. The monoisotopic (exact) mass is 406 g/mol. The van der Waals surface area contributed by atoms with Crippen LogP contribution in [0, 0.1) is 18.3 Å². The van der Waals surface area contributed by atoms with Gasteiger partial charge >= 0.3 is 6.18 Å². The molecule has 1 N–H and O–H groups in total. The summed E-state index contributed by atoms with van der Waals surface area (Å²) in [6.45, 7) is 7.41. The first-order valence-corrected chi connectivity index (χ1v) is 9.20. The van der Waals surface area contributed by atoms with Gasteiger partial charge in [-0.2, -0.15) is 18.4 Å². The first-order chi connectivity index (χ1) is 12.9. The third-order valence-corrected chi connectivity index (χ3v) is 5.17. The van der Waals surface area contributed by atoms with Crippen molar-refractivity contribution in [2.45, 2.75) is 39.3 Å². The van der Waals surface area contributed by atoms with Gasteiger partial charge in [-0.15, -0.1) is 11.3 Å². The van der Waals surface area contributed by atoms with Gasteiger partial charge in [0.1, 0.15) is 22.4 Å². The number of nitrogens with zero attached hydrogens (tertiary/aromatic N) is 3. The summed E-state index contributed by atoms with van der Waals surface area (Å²) in [7, 11) is 0. The van der Waals surface area contributed by atoms with Crippen molar-refractivity contribution in [2.24, 2.45) is 0 Å². The van der Waals surface area contributed by atoms with Gasteiger partial charge in [-0.05, 0) is 35.4 Å². The number of imidazole rings is 1. The van der Waals surface area contributed by atoms with Gasteiger partial charge in [0.25, 0.3) is 5.91 Å². The van der Waals surface area contributed by atoms with Gasteiger partial charge in [-0.3, -0.25) is 9.20 Å². The highest BCUT2D eigenvalue weighted by Gasteiger charge is 2.32. The fourth-order valence-corrected chi connectivity index (χ4v) is 4.01. The largest absolute Gasteiger partial charge is 0.417 e. The number of alkyl halides is 3. The Hall–Kier alpha value is -2.86. The molecule has 0 aromatic carbocycles. The van der Waals surface area contributed by atoms with Crippen LogP contribution >= 0.6 is 11.3 Å². The quantitative estimate of drug-likeness (QED) is 0.640. The zero-order valence-corrected chi connectivity index (χ0v) is 16.4. The number of amides is 1. The molecule has 0 aliphatic heterocycles. The molecule has 1 amide bonds. The van der Waals surface area contributed by atoms with Crippen molar-refractivity contribution in [1.82, 2.24) is 9.38 Å². The Kier molecular flexibility index (Phi) is 4.71. The van der Waals surface area contributed by atoms with Crippen LogP contribution in [-0.4, -0.2) is 15.3 Å². The van der Waals surface area contributed by atoms with Crippen molar-refractivity contribution in [3.63, 3.8) is 0 Å². The second-order valence-electron chi connectivity index (χ2n) is 7.36. The Balaban J connectivity index is 2.05. The summed E-state index contributed by atoms with van der Waals surface area (Å²) in [6.07, 6.45) is -3.69. The third-order valence-electron chi connectivity index (χ3n) is 4.27. The molecule has 0 fully saturated rings. The van der Waals surface area contributed by atoms with Crippen LogP contribution in [0.25, 0.3) is 5.65 Å². The molecular weight excluding hydrogens is 389 g/mol. The molecular formula is C19H17F3N4OS. The van der Waals surface area contributed by atoms with Gasteiger partial charge in [-0.25, -0.2) is 4.98 Å². The maximum Gasteiger partial charge on any atom is 0.417 e. The molecule has 0 atom stereocenters. The molecule has 0 aliphatic carbocycles. The third kappa shape index (κ3) is 3.47. The lowest BCUT2D eigenvalue weighted by Gasteiger charge is -2.17. The van der Waals surface area contributed by atoms with E-state index in [1.807, 2.05) is 20.8 Å². The van der Waals surface area contributed by atoms with Gasteiger partial charge in [0.2, 0.25) is 0 Å². The van der Waals surface area contributed by atoms with Crippen LogP contribution in [0.4, 0.5) is 18.2 Å². The van der Waals surface area contributed by atoms with E-state index in [0.717, 1.165) is 22.2 Å². The molecule has 9 heteroatoms. The number of anilines is 1. The number of hydrogen-bond donors (Lipinski definition) is 1. The minimum atomic E-state index is -4.54. The summed E-state index contributed by atoms with van der Waals surface area (Å²) in [4.78, 5) is 17.0. The Morgan fingerprint density at radius 3 is 2.54 bits per heavy atom. The zero-order valence-electron chi connectivity index (χ0n) is 15.6. The Bertz CT molecular complexity index is 1110. The highest BCUT2D eigenvalue weighted by Crippen LogP contribution is 2.36. The molecule has 5 nitrogen and oxygen atoms in total. The summed E-state index contributed by atoms with van der Waals surface area (Å²) >= 11 is 1.21. The van der Waals surface area contributed by atoms with E-state index >= 15 is 0 Å². The number of halogens is 3. The van der Waals surface area contributed by atoms with Crippen molar-refractivity contribution >= 4 is 27.9 Å². The Labute approximate surface area is 163 Å². The molecule has 0 bridgehead atoms. The molecule has 146 valence electrons. The van der Waals surface area contributed by atoms with Gasteiger partial charge in [-0.1, -0.05) is 20.8 Å². The normalized spacial score (nSPS) is 12.2. The summed E-state index contributed by atoms with van der Waals surface area (Å²) in [5, 5.41) is 14.3. The zero-order chi connectivity index (χ0) is 20.9. The minimum absolute atomic E-state index is 0.00398. The van der Waals surface area contributed by atoms with E-state index < -0.39 is 17.6 Å². The number of fused-ring (bicyclic) bond motifs is 1. The standard InChI is InChI=1S/C19H17F3N4OS/c1-10-15(26-8-11(19(20,21)22)5-6-14(26)24-10)16(27)25-17-12(7-23)13(9-28-17)18(2,3)4/h5-6,8-9H,1-4H3,(H,25,27). The molecule has 28 heavy (non-hydrogen) atoms. The van der Waals surface area contributed by atoms with E-state index in [0.29, 0.717) is 16.3 Å². The number of nitrogens with one attached hydrogen (secondary N) is 1. The second kappa shape index (κ2) is 6.63. The molecule has 0 saturated heterocycles. The summed E-state index contributed by atoms with van der Waals surface area (Å²) in [6, 6.07) is 4.25. The number of pyridine rings is 1. The predicted octanol–water partition coefficient (Wildman–Crippen LogP) is 5.14. The van der Waals surface area contributed by atoms with Crippen LogP contribution in [0.2, 0.25) is 0 Å². The van der Waals surface area contributed by atoms with Crippen molar-refractivity contribution < 1.29 is 18.0 Å². The van der Waals surface area contributed by atoms with E-state index in [4.69, 9.17) is 0 Å². The van der Waals surface area contributed by atoms with Crippen LogP contribution in [-0.2, 0) is 11.6 Å². The highest BCUT2D eigenvalue weighted by molar-refractivity contribution is 7.14. The lowest BCUT2D eigenvalue weighted by atomic mass is 9.86. The van der Waals surface area contributed by atoms with Crippen LogP contribution < -0.4 is 5.32 Å². The highest BCUT2D eigenvalue weighted by atomic mass is 32.1. The van der Waals surface area contributed by atoms with Crippen LogP contribution in [0.3, 0.4) is 0 Å². The molecule has 3 aromatic heterocycles. The molecule has 0 aliphatic rings. The fourth-order valence-electron chi connectivity index (χ4n) is 2.88. The topological polar surface area (TPSA) is 70.2 Å². The van der Waals surface area contributed by atoms with E-state index in [1.165, 1.54) is 17.4 Å². The molecule has 3 heterocycles. The second-order valence-corrected chi connectivity index (χ2v) is 8.24. The number of rotatable bonds is 2. The molecule has 0 spiro atoms. The molecule has 0 unspecified atom stereocenters. The predicted molar refractivity (Wildman–Crippen MR) is 101 cm³/mol. The number of thiophene rings is 1. The van der Waals surface area contributed by atoms with E-state index in [2.05, 4.69) is 16.4 Å². The fraction of sp³-hybridized carbons (Fsp3) is 0.316. The SMILES string of the molecule is Cc1nc2ccc(C(F)(F)F)cn2c1C(=O)Nc1scc(C(C)(C)C)c1C#N. The van der Waals surface area contributed by atoms with Crippen molar-refractivity contribution in [2.75, 3.05) is 5.32 Å². The van der Waals surface area contributed by atoms with E-state index in [-0.39, 0.29) is 16.8 Å². The lowest BCUT2D eigenvalue weighted by molar-refractivity contribution is -0.137. The molecule has 3 aromatic rings. The van der Waals surface area contributed by atoms with Gasteiger partial charge < -0.3 is 5.32 Å². The van der Waals surface area contributed by atoms with Gasteiger partial charge in [0, 0.05) is 6.20 Å². The number of aromatic nitrogens is 2. The summed E-state index contributed by atoms with van der Waals surface area (Å²) in [5.41, 5.74) is 0.509. The number of carbonyl (C=O) groups excluding carboxylic acids is 1. The maximum atomic E-state index is 13.0. The number of nitriles is 1. The molecule has 0 radical (unpaired) electrons. The van der Waals surface area contributed by atoms with Gasteiger partial charge in [0.15, 0.2) is 0 Å². The van der Waals surface area contributed by atoms with Crippen molar-refractivity contribution in [3.05, 3.63) is 51.8 Å². The van der Waals surface area contributed by atoms with Crippen LogP contribution in [0.1, 0.15) is 53.6 Å². The maximum absolute atomic E-state index is 13.0.